The van der Waals surface area contributed by atoms with Crippen molar-refractivity contribution in [2.75, 3.05) is 23.8 Å². The molecule has 12 nitrogen and oxygen atoms in total. The molecule has 2 aliphatic rings. The monoisotopic (exact) mass is 724 g/mol. The number of amides is 2. The second-order valence-corrected chi connectivity index (χ2v) is 12.0. The first-order chi connectivity index (χ1) is 24.0. The number of ether oxygens (including phenoxy) is 2. The number of carbonyl (C=O) groups excluding carboxylic acids is 2. The van der Waals surface area contributed by atoms with Crippen LogP contribution in [0.15, 0.2) is 83.0 Å². The van der Waals surface area contributed by atoms with Gasteiger partial charge in [-0.05, 0) is 73.2 Å². The molecule has 2 atom stereocenters. The van der Waals surface area contributed by atoms with Crippen LogP contribution >= 0.6 is 23.2 Å². The van der Waals surface area contributed by atoms with Crippen LogP contribution in [0.4, 0.5) is 20.2 Å². The zero-order valence-electron chi connectivity index (χ0n) is 26.4. The molecule has 0 saturated heterocycles. The summed E-state index contributed by atoms with van der Waals surface area (Å²) in [6.07, 6.45) is 5.40. The summed E-state index contributed by atoms with van der Waals surface area (Å²) < 4.78 is 36.8. The van der Waals surface area contributed by atoms with E-state index in [1.54, 1.807) is 12.1 Å². The molecule has 6 rings (SSSR count). The van der Waals surface area contributed by atoms with Gasteiger partial charge in [0.1, 0.15) is 24.2 Å². The van der Waals surface area contributed by atoms with Crippen LogP contribution in [0.5, 0.6) is 0 Å². The van der Waals surface area contributed by atoms with E-state index >= 15 is 0 Å². The van der Waals surface area contributed by atoms with Crippen LogP contribution in [0.2, 0.25) is 10.2 Å². The molecule has 260 valence electrons. The number of hydrogen-bond donors (Lipinski definition) is 4. The number of amidine groups is 2. The van der Waals surface area contributed by atoms with E-state index in [2.05, 4.69) is 30.6 Å². The number of aliphatic imine (C=N–C) groups is 2. The van der Waals surface area contributed by atoms with Crippen molar-refractivity contribution in [3.05, 3.63) is 117 Å². The number of nitrogens with one attached hydrogen (secondary N) is 2. The van der Waals surface area contributed by atoms with Gasteiger partial charge in [0.25, 0.3) is 23.9 Å². The minimum atomic E-state index is -1.02. The van der Waals surface area contributed by atoms with Gasteiger partial charge in [-0.2, -0.15) is 4.39 Å². The third-order valence-electron chi connectivity index (χ3n) is 7.53. The summed E-state index contributed by atoms with van der Waals surface area (Å²) in [5, 5.41) is 5.72. The van der Waals surface area contributed by atoms with Crippen molar-refractivity contribution < 1.29 is 27.8 Å². The molecule has 0 aliphatic carbocycles. The van der Waals surface area contributed by atoms with Gasteiger partial charge in [0.15, 0.2) is 0 Å². The van der Waals surface area contributed by atoms with Crippen LogP contribution in [-0.2, 0) is 22.3 Å². The summed E-state index contributed by atoms with van der Waals surface area (Å²) in [6, 6.07) is 17.7. The van der Waals surface area contributed by atoms with E-state index in [-0.39, 0.29) is 40.2 Å². The van der Waals surface area contributed by atoms with Gasteiger partial charge in [0.05, 0.1) is 34.4 Å². The van der Waals surface area contributed by atoms with Crippen LogP contribution in [0.3, 0.4) is 0 Å². The molecular formula is C34H32Cl2F2N8O4. The van der Waals surface area contributed by atoms with E-state index in [4.69, 9.17) is 44.1 Å². The highest BCUT2D eigenvalue weighted by molar-refractivity contribution is 6.41. The Kier molecular flexibility index (Phi) is 12.1. The Morgan fingerprint density at radius 2 is 1.28 bits per heavy atom. The Bertz CT molecular complexity index is 1900. The number of pyridine rings is 2. The van der Waals surface area contributed by atoms with E-state index in [0.29, 0.717) is 36.3 Å². The smallest absolute Gasteiger partial charge is 0.282 e. The molecule has 0 spiro atoms. The van der Waals surface area contributed by atoms with Crippen molar-refractivity contribution in [2.45, 2.75) is 37.8 Å². The van der Waals surface area contributed by atoms with Crippen LogP contribution in [0, 0.1) is 11.8 Å². The van der Waals surface area contributed by atoms with Gasteiger partial charge in [-0.3, -0.25) is 9.59 Å². The number of halogens is 4. The Morgan fingerprint density at radius 1 is 0.760 bits per heavy atom. The maximum absolute atomic E-state index is 13.5. The molecule has 0 bridgehead atoms. The lowest BCUT2D eigenvalue weighted by molar-refractivity contribution is 0.101. The van der Waals surface area contributed by atoms with Crippen molar-refractivity contribution >= 4 is 58.4 Å². The zero-order valence-corrected chi connectivity index (χ0v) is 27.9. The molecule has 50 heavy (non-hydrogen) atoms. The van der Waals surface area contributed by atoms with Crippen LogP contribution < -0.4 is 22.1 Å². The average molecular weight is 726 g/mol. The molecule has 2 aromatic carbocycles. The van der Waals surface area contributed by atoms with Crippen LogP contribution in [0.25, 0.3) is 0 Å². The first-order valence-electron chi connectivity index (χ1n) is 15.4. The number of anilines is 2. The van der Waals surface area contributed by atoms with Gasteiger partial charge < -0.3 is 31.6 Å². The lowest BCUT2D eigenvalue weighted by Gasteiger charge is -2.08. The maximum atomic E-state index is 13.5. The molecule has 0 unspecified atom stereocenters. The Hall–Kier alpha value is -5.34. The third kappa shape index (κ3) is 10.3. The van der Waals surface area contributed by atoms with Gasteiger partial charge in [-0.25, -0.2) is 24.3 Å². The van der Waals surface area contributed by atoms with E-state index in [0.717, 1.165) is 42.9 Å². The summed E-state index contributed by atoms with van der Waals surface area (Å²) in [5.41, 5.74) is 14.2. The number of aromatic nitrogens is 2. The highest BCUT2D eigenvalue weighted by atomic mass is 35.5. The Morgan fingerprint density at radius 3 is 1.76 bits per heavy atom. The quantitative estimate of drug-likeness (QED) is 0.154. The van der Waals surface area contributed by atoms with Crippen LogP contribution in [0.1, 0.15) is 44.7 Å². The SMILES string of the molecule is NC1=N[C@@H](CCc2ccc(NC(=O)c3cc(F)cnc3F)cc2)CO1.NC1=N[C@@H](CCc2ccc(NC(=O)c3cnc(Cl)c(Cl)c3)cc2)CO1. The first-order valence-corrected chi connectivity index (χ1v) is 16.1. The van der Waals surface area contributed by atoms with Crippen molar-refractivity contribution in [2.24, 2.45) is 21.5 Å². The van der Waals surface area contributed by atoms with Gasteiger partial charge in [-0.1, -0.05) is 47.5 Å². The standard InChI is InChI=1S/C17H16Cl2N4O2.C17H16F2N4O2/c18-14-7-11(8-21-15(14)19)16(24)22-12-4-1-10(2-5-12)3-6-13-9-25-17(20)23-13;18-11-7-14(15(19)21-8-11)16(24)22-12-4-1-10(2-5-12)3-6-13-9-25-17(20)23-13/h2*1-2,4-5,7-8,13H,3,6,9H2,(H2,20,23)(H,22,24)/t2*13-/m00/s1. The van der Waals surface area contributed by atoms with Gasteiger partial charge in [0.2, 0.25) is 5.95 Å². The number of benzene rings is 2. The molecule has 16 heteroatoms. The molecule has 2 aliphatic heterocycles. The first kappa shape index (κ1) is 36.0. The summed E-state index contributed by atoms with van der Waals surface area (Å²) in [7, 11) is 0. The molecule has 0 radical (unpaired) electrons. The largest absolute Gasteiger partial charge is 0.463 e. The zero-order chi connectivity index (χ0) is 35.6. The number of rotatable bonds is 10. The van der Waals surface area contributed by atoms with Gasteiger partial charge in [0, 0.05) is 17.6 Å². The minimum Gasteiger partial charge on any atom is -0.463 e. The normalized spacial score (nSPS) is 16.2. The molecule has 4 heterocycles. The van der Waals surface area contributed by atoms with E-state index in [9.17, 15) is 18.4 Å². The third-order valence-corrected chi connectivity index (χ3v) is 8.22. The topological polar surface area (TPSA) is 179 Å². The van der Waals surface area contributed by atoms with Gasteiger partial charge in [-0.15, -0.1) is 0 Å². The lowest BCUT2D eigenvalue weighted by atomic mass is 10.1. The Balaban J connectivity index is 0.000000194. The number of carbonyl (C=O) groups is 2. The fourth-order valence-corrected chi connectivity index (χ4v) is 5.14. The summed E-state index contributed by atoms with van der Waals surface area (Å²) >= 11 is 11.6. The van der Waals surface area contributed by atoms with Crippen molar-refractivity contribution in [3.63, 3.8) is 0 Å². The number of nitrogens with two attached hydrogens (primary N) is 2. The summed E-state index contributed by atoms with van der Waals surface area (Å²) in [5.74, 6) is -2.85. The number of nitrogens with zero attached hydrogens (tertiary/aromatic N) is 4. The molecule has 2 aromatic heterocycles. The summed E-state index contributed by atoms with van der Waals surface area (Å²) in [6.45, 7) is 1.03. The van der Waals surface area contributed by atoms with E-state index < -0.39 is 23.2 Å². The molecular weight excluding hydrogens is 693 g/mol. The number of aryl methyl sites for hydroxylation is 2. The lowest BCUT2D eigenvalue weighted by Crippen LogP contribution is -2.15. The van der Waals surface area contributed by atoms with Crippen molar-refractivity contribution in [1.82, 2.24) is 9.97 Å². The van der Waals surface area contributed by atoms with Crippen LogP contribution in [-0.4, -0.2) is 59.1 Å². The molecule has 6 N–H and O–H groups in total. The van der Waals surface area contributed by atoms with E-state index in [1.807, 2.05) is 36.4 Å². The highest BCUT2D eigenvalue weighted by Crippen LogP contribution is 2.21. The fraction of sp³-hybridized carbons (Fsp3) is 0.235. The maximum Gasteiger partial charge on any atom is 0.282 e. The predicted molar refractivity (Wildman–Crippen MR) is 187 cm³/mol. The summed E-state index contributed by atoms with van der Waals surface area (Å²) in [4.78, 5) is 39.6. The van der Waals surface area contributed by atoms with E-state index in [1.165, 1.54) is 12.3 Å². The Labute approximate surface area is 295 Å². The molecule has 0 saturated carbocycles. The second kappa shape index (κ2) is 16.9. The molecule has 0 fully saturated rings. The second-order valence-electron chi connectivity index (χ2n) is 11.2. The fourth-order valence-electron chi connectivity index (χ4n) is 4.87. The van der Waals surface area contributed by atoms with Crippen molar-refractivity contribution in [3.8, 4) is 0 Å². The predicted octanol–water partition coefficient (Wildman–Crippen LogP) is 5.55. The highest BCUT2D eigenvalue weighted by Gasteiger charge is 2.18. The van der Waals surface area contributed by atoms with Crippen molar-refractivity contribution in [1.29, 1.82) is 0 Å². The minimum absolute atomic E-state index is 0.0582. The molecule has 2 amide bonds. The average Bonchev–Trinajstić information content (AvgIpc) is 3.73. The molecule has 4 aromatic rings. The van der Waals surface area contributed by atoms with Gasteiger partial charge >= 0.3 is 0 Å². The number of hydrogen-bond acceptors (Lipinski definition) is 10.